The molecule has 0 heterocycles. The summed E-state index contributed by atoms with van der Waals surface area (Å²) in [5, 5.41) is 2.88. The van der Waals surface area contributed by atoms with Gasteiger partial charge in [-0.3, -0.25) is 4.79 Å². The molecule has 0 fully saturated rings. The van der Waals surface area contributed by atoms with Crippen LogP contribution in [0.3, 0.4) is 0 Å². The number of nitrogens with one attached hydrogen (secondary N) is 1. The molecule has 122 valence electrons. The van der Waals surface area contributed by atoms with Crippen molar-refractivity contribution < 1.29 is 9.53 Å². The van der Waals surface area contributed by atoms with Crippen LogP contribution in [-0.4, -0.2) is 12.0 Å². The quantitative estimate of drug-likeness (QED) is 0.736. The Hall–Kier alpha value is -1.81. The third-order valence-corrected chi connectivity index (χ3v) is 4.38. The van der Waals surface area contributed by atoms with Gasteiger partial charge in [-0.15, -0.1) is 0 Å². The van der Waals surface area contributed by atoms with Crippen LogP contribution in [0.4, 0.5) is 5.69 Å². The third kappa shape index (κ3) is 5.10. The van der Waals surface area contributed by atoms with E-state index in [1.165, 1.54) is 5.56 Å². The topological polar surface area (TPSA) is 38.3 Å². The van der Waals surface area contributed by atoms with E-state index in [0.29, 0.717) is 11.7 Å². The lowest BCUT2D eigenvalue weighted by Crippen LogP contribution is -2.30. The number of carbonyl (C=O) groups is 1. The Kier molecular flexibility index (Phi) is 6.22. The van der Waals surface area contributed by atoms with Crippen molar-refractivity contribution in [3.8, 4) is 5.75 Å². The molecule has 0 aromatic heterocycles. The average Bonchev–Trinajstić information content (AvgIpc) is 2.56. The Balaban J connectivity index is 1.93. The summed E-state index contributed by atoms with van der Waals surface area (Å²) in [7, 11) is 0. The molecule has 0 bridgehead atoms. The number of hydrogen-bond donors (Lipinski definition) is 1. The minimum absolute atomic E-state index is 0.163. The summed E-state index contributed by atoms with van der Waals surface area (Å²) in [5.41, 5.74) is 2.07. The third-order valence-electron chi connectivity index (χ3n) is 3.86. The largest absolute Gasteiger partial charge is 0.481 e. The minimum atomic E-state index is -0.564. The number of benzene rings is 2. The van der Waals surface area contributed by atoms with Crippen LogP contribution in [0.15, 0.2) is 53.0 Å². The predicted octanol–water partition coefficient (Wildman–Crippen LogP) is 5.37. The van der Waals surface area contributed by atoms with Gasteiger partial charge in [0, 0.05) is 10.2 Å². The summed E-state index contributed by atoms with van der Waals surface area (Å²) in [6.07, 6.45) is 0.537. The second-order valence-electron chi connectivity index (χ2n) is 5.63. The number of anilines is 1. The van der Waals surface area contributed by atoms with Crippen LogP contribution in [-0.2, 0) is 4.79 Å². The fourth-order valence-electron chi connectivity index (χ4n) is 2.15. The monoisotopic (exact) mass is 375 g/mol. The summed E-state index contributed by atoms with van der Waals surface area (Å²) in [6.45, 7) is 6.11. The molecule has 2 rings (SSSR count). The average molecular weight is 376 g/mol. The first-order valence-electron chi connectivity index (χ1n) is 7.82. The van der Waals surface area contributed by atoms with E-state index in [1.807, 2.05) is 36.4 Å². The molecular weight excluding hydrogens is 354 g/mol. The van der Waals surface area contributed by atoms with E-state index < -0.39 is 6.10 Å². The van der Waals surface area contributed by atoms with Crippen molar-refractivity contribution in [3.05, 3.63) is 58.6 Å². The molecule has 2 aromatic carbocycles. The van der Waals surface area contributed by atoms with E-state index >= 15 is 0 Å². The van der Waals surface area contributed by atoms with Crippen LogP contribution in [0, 0.1) is 0 Å². The zero-order valence-electron chi connectivity index (χ0n) is 13.7. The van der Waals surface area contributed by atoms with Crippen molar-refractivity contribution in [2.24, 2.45) is 0 Å². The van der Waals surface area contributed by atoms with Gasteiger partial charge in [0.05, 0.1) is 0 Å². The summed E-state index contributed by atoms with van der Waals surface area (Å²) in [5.74, 6) is 1.03. The highest BCUT2D eigenvalue weighted by atomic mass is 79.9. The van der Waals surface area contributed by atoms with Gasteiger partial charge in [0.25, 0.3) is 5.91 Å². The van der Waals surface area contributed by atoms with Crippen LogP contribution in [0.5, 0.6) is 5.75 Å². The molecule has 0 aliphatic carbocycles. The number of carbonyl (C=O) groups excluding carboxylic acids is 1. The van der Waals surface area contributed by atoms with Crippen LogP contribution in [0.2, 0.25) is 0 Å². The van der Waals surface area contributed by atoms with Crippen LogP contribution in [0.25, 0.3) is 0 Å². The molecule has 1 amide bonds. The van der Waals surface area contributed by atoms with Gasteiger partial charge in [0.15, 0.2) is 6.10 Å². The Labute approximate surface area is 146 Å². The normalized spacial score (nSPS) is 13.2. The van der Waals surface area contributed by atoms with Gasteiger partial charge in [0.2, 0.25) is 0 Å². The first kappa shape index (κ1) is 17.5. The van der Waals surface area contributed by atoms with Crippen molar-refractivity contribution in [2.45, 2.75) is 39.2 Å². The zero-order valence-corrected chi connectivity index (χ0v) is 15.3. The van der Waals surface area contributed by atoms with Gasteiger partial charge < -0.3 is 10.1 Å². The smallest absolute Gasteiger partial charge is 0.265 e. The Morgan fingerprint density at radius 1 is 1.09 bits per heavy atom. The van der Waals surface area contributed by atoms with Gasteiger partial charge in [-0.05, 0) is 61.2 Å². The second kappa shape index (κ2) is 8.16. The Bertz CT molecular complexity index is 637. The molecule has 0 unspecified atom stereocenters. The predicted molar refractivity (Wildman–Crippen MR) is 98.0 cm³/mol. The molecule has 3 nitrogen and oxygen atoms in total. The molecule has 23 heavy (non-hydrogen) atoms. The summed E-state index contributed by atoms with van der Waals surface area (Å²) in [6, 6.07) is 15.4. The SMILES string of the molecule is CC[C@H](C)c1ccc(NC(=O)[C@@H](C)Oc2ccc(Br)cc2)cc1. The maximum absolute atomic E-state index is 12.2. The maximum atomic E-state index is 12.2. The number of halogens is 1. The molecule has 0 saturated heterocycles. The molecule has 0 spiro atoms. The van der Waals surface area contributed by atoms with E-state index in [1.54, 1.807) is 6.92 Å². The minimum Gasteiger partial charge on any atom is -0.481 e. The molecule has 2 aromatic rings. The zero-order chi connectivity index (χ0) is 16.8. The molecule has 0 aliphatic rings. The molecular formula is C19H22BrNO2. The number of rotatable bonds is 6. The van der Waals surface area contributed by atoms with E-state index in [0.717, 1.165) is 16.6 Å². The number of ether oxygens (including phenoxy) is 1. The van der Waals surface area contributed by atoms with Gasteiger partial charge in [0.1, 0.15) is 5.75 Å². The van der Waals surface area contributed by atoms with Crippen LogP contribution < -0.4 is 10.1 Å². The lowest BCUT2D eigenvalue weighted by molar-refractivity contribution is -0.122. The first-order valence-corrected chi connectivity index (χ1v) is 8.62. The summed E-state index contributed by atoms with van der Waals surface area (Å²) >= 11 is 3.37. The summed E-state index contributed by atoms with van der Waals surface area (Å²) in [4.78, 5) is 12.2. The van der Waals surface area contributed by atoms with E-state index in [2.05, 4.69) is 47.2 Å². The highest BCUT2D eigenvalue weighted by Gasteiger charge is 2.15. The van der Waals surface area contributed by atoms with Gasteiger partial charge in [-0.2, -0.15) is 0 Å². The van der Waals surface area contributed by atoms with Crippen LogP contribution in [0.1, 0.15) is 38.7 Å². The van der Waals surface area contributed by atoms with E-state index in [9.17, 15) is 4.79 Å². The van der Waals surface area contributed by atoms with Crippen molar-refractivity contribution >= 4 is 27.5 Å². The fraction of sp³-hybridized carbons (Fsp3) is 0.316. The number of amides is 1. The van der Waals surface area contributed by atoms with Crippen molar-refractivity contribution in [2.75, 3.05) is 5.32 Å². The Morgan fingerprint density at radius 2 is 1.70 bits per heavy atom. The number of hydrogen-bond acceptors (Lipinski definition) is 2. The molecule has 2 atom stereocenters. The molecule has 4 heteroatoms. The van der Waals surface area contributed by atoms with Crippen LogP contribution >= 0.6 is 15.9 Å². The molecule has 1 N–H and O–H groups in total. The van der Waals surface area contributed by atoms with Gasteiger partial charge >= 0.3 is 0 Å². The Morgan fingerprint density at radius 3 is 2.26 bits per heavy atom. The highest BCUT2D eigenvalue weighted by Crippen LogP contribution is 2.21. The van der Waals surface area contributed by atoms with E-state index in [-0.39, 0.29) is 5.91 Å². The van der Waals surface area contributed by atoms with Crippen molar-refractivity contribution in [1.82, 2.24) is 0 Å². The molecule has 0 aliphatic heterocycles. The lowest BCUT2D eigenvalue weighted by atomic mass is 9.99. The van der Waals surface area contributed by atoms with Gasteiger partial charge in [-0.25, -0.2) is 0 Å². The van der Waals surface area contributed by atoms with Crippen molar-refractivity contribution in [3.63, 3.8) is 0 Å². The lowest BCUT2D eigenvalue weighted by Gasteiger charge is -2.15. The second-order valence-corrected chi connectivity index (χ2v) is 6.55. The first-order chi connectivity index (χ1) is 11.0. The van der Waals surface area contributed by atoms with Crippen molar-refractivity contribution in [1.29, 1.82) is 0 Å². The molecule has 0 radical (unpaired) electrons. The standard InChI is InChI=1S/C19H22BrNO2/c1-4-13(2)15-5-9-17(10-6-15)21-19(22)14(3)23-18-11-7-16(20)8-12-18/h5-14H,4H2,1-3H3,(H,21,22)/t13-,14+/m0/s1. The fourth-order valence-corrected chi connectivity index (χ4v) is 2.41. The highest BCUT2D eigenvalue weighted by molar-refractivity contribution is 9.10. The maximum Gasteiger partial charge on any atom is 0.265 e. The molecule has 0 saturated carbocycles. The van der Waals surface area contributed by atoms with Gasteiger partial charge in [-0.1, -0.05) is 41.9 Å². The van der Waals surface area contributed by atoms with E-state index in [4.69, 9.17) is 4.74 Å². The summed E-state index contributed by atoms with van der Waals surface area (Å²) < 4.78 is 6.63.